The molecule has 0 aliphatic carbocycles. The number of nitrogen functional groups attached to an aromatic ring is 1. The Kier molecular flexibility index (Phi) is 4.29. The van der Waals surface area contributed by atoms with Gasteiger partial charge in [0, 0.05) is 4.47 Å². The van der Waals surface area contributed by atoms with Gasteiger partial charge in [0.2, 0.25) is 0 Å². The molecule has 0 aromatic heterocycles. The molecule has 0 heterocycles. The lowest BCUT2D eigenvalue weighted by Crippen LogP contribution is -2.04. The molecule has 0 saturated carbocycles. The predicted octanol–water partition coefficient (Wildman–Crippen LogP) is 3.87. The maximum atomic E-state index is 11.6. The highest BCUT2D eigenvalue weighted by molar-refractivity contribution is 9.10. The first kappa shape index (κ1) is 14.4. The number of nitrogens with two attached hydrogens (primary N) is 1. The number of carbonyl (C=O) groups is 1. The van der Waals surface area contributed by atoms with Crippen LogP contribution in [0.4, 0.5) is 17.1 Å². The molecule has 2 aromatic rings. The van der Waals surface area contributed by atoms with E-state index in [1.807, 2.05) is 25.1 Å². The fourth-order valence-electron chi connectivity index (χ4n) is 1.80. The first-order valence-corrected chi connectivity index (χ1v) is 6.82. The summed E-state index contributed by atoms with van der Waals surface area (Å²) in [5.41, 5.74) is 9.61. The van der Waals surface area contributed by atoms with Crippen molar-refractivity contribution in [3.8, 4) is 0 Å². The van der Waals surface area contributed by atoms with Gasteiger partial charge in [-0.3, -0.25) is 0 Å². The van der Waals surface area contributed by atoms with Crippen molar-refractivity contribution in [3.05, 3.63) is 52.0 Å². The summed E-state index contributed by atoms with van der Waals surface area (Å²) in [6.07, 6.45) is 0. The van der Waals surface area contributed by atoms with E-state index in [4.69, 9.17) is 10.5 Å². The number of ether oxygens (including phenoxy) is 1. The number of anilines is 3. The molecule has 3 N–H and O–H groups in total. The minimum absolute atomic E-state index is 0.392. The number of rotatable bonds is 3. The van der Waals surface area contributed by atoms with Crippen LogP contribution in [0.15, 0.2) is 40.9 Å². The van der Waals surface area contributed by atoms with Crippen LogP contribution in [0.1, 0.15) is 15.9 Å². The van der Waals surface area contributed by atoms with E-state index in [0.717, 1.165) is 15.7 Å². The summed E-state index contributed by atoms with van der Waals surface area (Å²) in [6, 6.07) is 10.9. The minimum Gasteiger partial charge on any atom is -0.465 e. The molecule has 0 aliphatic rings. The lowest BCUT2D eigenvalue weighted by molar-refractivity contribution is 0.0601. The number of benzene rings is 2. The van der Waals surface area contributed by atoms with Gasteiger partial charge in [-0.2, -0.15) is 0 Å². The number of halogens is 1. The summed E-state index contributed by atoms with van der Waals surface area (Å²) in [5.74, 6) is -0.392. The van der Waals surface area contributed by atoms with Crippen LogP contribution in [0, 0.1) is 6.92 Å². The van der Waals surface area contributed by atoms with Gasteiger partial charge in [0.1, 0.15) is 0 Å². The summed E-state index contributed by atoms with van der Waals surface area (Å²) < 4.78 is 5.67. The molecule has 0 unspecified atom stereocenters. The third-order valence-electron chi connectivity index (χ3n) is 2.94. The van der Waals surface area contributed by atoms with E-state index >= 15 is 0 Å². The highest BCUT2D eigenvalue weighted by atomic mass is 79.9. The topological polar surface area (TPSA) is 64.3 Å². The van der Waals surface area contributed by atoms with Crippen molar-refractivity contribution in [1.29, 1.82) is 0 Å². The molecular formula is C15H15BrN2O2. The van der Waals surface area contributed by atoms with Gasteiger partial charge < -0.3 is 15.8 Å². The Morgan fingerprint density at radius 2 is 2.00 bits per heavy atom. The molecule has 2 rings (SSSR count). The van der Waals surface area contributed by atoms with E-state index in [1.165, 1.54) is 7.11 Å². The van der Waals surface area contributed by atoms with Crippen LogP contribution in [-0.2, 0) is 4.74 Å². The SMILES string of the molecule is COC(=O)c1ccc(N)c(Nc2cccc(C)c2Br)c1. The third-order valence-corrected chi connectivity index (χ3v) is 3.99. The lowest BCUT2D eigenvalue weighted by Gasteiger charge is -2.13. The highest BCUT2D eigenvalue weighted by Crippen LogP contribution is 2.31. The van der Waals surface area contributed by atoms with Crippen LogP contribution >= 0.6 is 15.9 Å². The minimum atomic E-state index is -0.392. The smallest absolute Gasteiger partial charge is 0.337 e. The second-order valence-electron chi connectivity index (χ2n) is 4.36. The highest BCUT2D eigenvalue weighted by Gasteiger charge is 2.10. The van der Waals surface area contributed by atoms with Crippen molar-refractivity contribution in [2.45, 2.75) is 6.92 Å². The molecule has 0 amide bonds. The third kappa shape index (κ3) is 2.93. The van der Waals surface area contributed by atoms with Gasteiger partial charge in [0.15, 0.2) is 0 Å². The van der Waals surface area contributed by atoms with Crippen molar-refractivity contribution in [1.82, 2.24) is 0 Å². The molecule has 20 heavy (non-hydrogen) atoms. The number of hydrogen-bond donors (Lipinski definition) is 2. The summed E-state index contributed by atoms with van der Waals surface area (Å²) in [5, 5.41) is 3.22. The first-order valence-electron chi connectivity index (χ1n) is 6.03. The molecule has 0 saturated heterocycles. The number of hydrogen-bond acceptors (Lipinski definition) is 4. The zero-order chi connectivity index (χ0) is 14.7. The quantitative estimate of drug-likeness (QED) is 0.660. The molecule has 4 nitrogen and oxygen atoms in total. The molecule has 0 spiro atoms. The zero-order valence-corrected chi connectivity index (χ0v) is 12.8. The predicted molar refractivity (Wildman–Crippen MR) is 84.4 cm³/mol. The molecule has 0 atom stereocenters. The molecule has 0 aliphatic heterocycles. The van der Waals surface area contributed by atoms with Gasteiger partial charge in [0.05, 0.1) is 29.7 Å². The monoisotopic (exact) mass is 334 g/mol. The van der Waals surface area contributed by atoms with Crippen LogP contribution in [0.5, 0.6) is 0 Å². The summed E-state index contributed by atoms with van der Waals surface area (Å²) in [4.78, 5) is 11.6. The second-order valence-corrected chi connectivity index (χ2v) is 5.15. The van der Waals surface area contributed by atoms with Crippen LogP contribution in [0.25, 0.3) is 0 Å². The Morgan fingerprint density at radius 3 is 2.70 bits per heavy atom. The molecule has 104 valence electrons. The van der Waals surface area contributed by atoms with Crippen molar-refractivity contribution < 1.29 is 9.53 Å². The van der Waals surface area contributed by atoms with E-state index in [0.29, 0.717) is 16.9 Å². The van der Waals surface area contributed by atoms with Crippen LogP contribution in [0.2, 0.25) is 0 Å². The standard InChI is InChI=1S/C15H15BrN2O2/c1-9-4-3-5-12(14(9)16)18-13-8-10(15(19)20-2)6-7-11(13)17/h3-8,18H,17H2,1-2H3. The van der Waals surface area contributed by atoms with Crippen molar-refractivity contribution in [2.75, 3.05) is 18.2 Å². The molecular weight excluding hydrogens is 320 g/mol. The van der Waals surface area contributed by atoms with Gasteiger partial charge in [-0.1, -0.05) is 12.1 Å². The number of nitrogens with one attached hydrogen (secondary N) is 1. The van der Waals surface area contributed by atoms with Crippen molar-refractivity contribution in [3.63, 3.8) is 0 Å². The van der Waals surface area contributed by atoms with E-state index < -0.39 is 5.97 Å². The Balaban J connectivity index is 2.38. The molecule has 5 heteroatoms. The average molecular weight is 335 g/mol. The van der Waals surface area contributed by atoms with E-state index in [1.54, 1.807) is 18.2 Å². The maximum absolute atomic E-state index is 11.6. The number of carbonyl (C=O) groups excluding carboxylic acids is 1. The zero-order valence-electron chi connectivity index (χ0n) is 11.2. The van der Waals surface area contributed by atoms with Gasteiger partial charge in [-0.05, 0) is 52.7 Å². The Labute approximate surface area is 126 Å². The summed E-state index contributed by atoms with van der Waals surface area (Å²) in [7, 11) is 1.35. The molecule has 0 radical (unpaired) electrons. The van der Waals surface area contributed by atoms with Gasteiger partial charge in [-0.15, -0.1) is 0 Å². The Morgan fingerprint density at radius 1 is 1.25 bits per heavy atom. The molecule has 0 bridgehead atoms. The number of esters is 1. The fraction of sp³-hybridized carbons (Fsp3) is 0.133. The van der Waals surface area contributed by atoms with Gasteiger partial charge >= 0.3 is 5.97 Å². The summed E-state index contributed by atoms with van der Waals surface area (Å²) >= 11 is 3.53. The van der Waals surface area contributed by atoms with Crippen LogP contribution < -0.4 is 11.1 Å². The van der Waals surface area contributed by atoms with Gasteiger partial charge in [-0.25, -0.2) is 4.79 Å². The van der Waals surface area contributed by atoms with E-state index in [-0.39, 0.29) is 0 Å². The normalized spacial score (nSPS) is 10.2. The van der Waals surface area contributed by atoms with Crippen LogP contribution in [0.3, 0.4) is 0 Å². The van der Waals surface area contributed by atoms with Gasteiger partial charge in [0.25, 0.3) is 0 Å². The van der Waals surface area contributed by atoms with Crippen LogP contribution in [-0.4, -0.2) is 13.1 Å². The number of methoxy groups -OCH3 is 1. The number of aryl methyl sites for hydroxylation is 1. The second kappa shape index (κ2) is 5.96. The Hall–Kier alpha value is -2.01. The average Bonchev–Trinajstić information content (AvgIpc) is 2.45. The summed E-state index contributed by atoms with van der Waals surface area (Å²) in [6.45, 7) is 2.00. The fourth-order valence-corrected chi connectivity index (χ4v) is 2.16. The maximum Gasteiger partial charge on any atom is 0.337 e. The first-order chi connectivity index (χ1) is 9.52. The molecule has 2 aromatic carbocycles. The van der Waals surface area contributed by atoms with E-state index in [2.05, 4.69) is 21.2 Å². The van der Waals surface area contributed by atoms with Crippen molar-refractivity contribution in [2.24, 2.45) is 0 Å². The van der Waals surface area contributed by atoms with Crippen molar-refractivity contribution >= 4 is 39.0 Å². The Bertz CT molecular complexity index is 656. The van der Waals surface area contributed by atoms with E-state index in [9.17, 15) is 4.79 Å². The lowest BCUT2D eigenvalue weighted by atomic mass is 10.1. The largest absolute Gasteiger partial charge is 0.465 e. The molecule has 0 fully saturated rings.